The molecule has 0 spiro atoms. The molecule has 0 aliphatic rings. The van der Waals surface area contributed by atoms with Crippen molar-refractivity contribution in [2.24, 2.45) is 0 Å². The van der Waals surface area contributed by atoms with E-state index in [4.69, 9.17) is 4.43 Å². The first-order chi connectivity index (χ1) is 6.36. The van der Waals surface area contributed by atoms with Crippen LogP contribution in [-0.4, -0.2) is 16.6 Å². The van der Waals surface area contributed by atoms with E-state index < -0.39 is 0 Å². The molecule has 0 amide bonds. The van der Waals surface area contributed by atoms with Gasteiger partial charge in [-0.1, -0.05) is 37.3 Å². The Labute approximate surface area is 83.7 Å². The average Bonchev–Trinajstić information content (AvgIpc) is 2.21. The molecule has 0 aliphatic heterocycles. The van der Waals surface area contributed by atoms with E-state index in [1.165, 1.54) is 5.56 Å². The van der Waals surface area contributed by atoms with E-state index in [9.17, 15) is 0 Å². The van der Waals surface area contributed by atoms with Crippen molar-refractivity contribution in [1.29, 1.82) is 0 Å². The highest BCUT2D eigenvalue weighted by Gasteiger charge is 2.02. The number of hydrogen-bond acceptors (Lipinski definition) is 1. The van der Waals surface area contributed by atoms with Crippen molar-refractivity contribution < 1.29 is 4.43 Å². The van der Waals surface area contributed by atoms with Crippen LogP contribution in [0.5, 0.6) is 0 Å². The first kappa shape index (κ1) is 10.5. The van der Waals surface area contributed by atoms with Crippen molar-refractivity contribution in [2.45, 2.75) is 32.3 Å². The van der Waals surface area contributed by atoms with Crippen LogP contribution in [0.1, 0.15) is 25.3 Å². The van der Waals surface area contributed by atoms with Gasteiger partial charge in [0.15, 0.2) is 0 Å². The van der Waals surface area contributed by atoms with Crippen LogP contribution in [0.3, 0.4) is 0 Å². The molecule has 0 aromatic heterocycles. The average molecular weight is 194 g/mol. The lowest BCUT2D eigenvalue weighted by molar-refractivity contribution is 0.205. The van der Waals surface area contributed by atoms with Crippen LogP contribution < -0.4 is 0 Å². The third kappa shape index (κ3) is 3.74. The molecule has 1 nitrogen and oxygen atoms in total. The fourth-order valence-corrected chi connectivity index (χ4v) is 2.03. The van der Waals surface area contributed by atoms with Gasteiger partial charge in [0.1, 0.15) is 10.5 Å². The Morgan fingerprint density at radius 3 is 2.54 bits per heavy atom. The summed E-state index contributed by atoms with van der Waals surface area (Å²) in [7, 11) is 0.858. The fourth-order valence-electron chi connectivity index (χ4n) is 1.46. The molecule has 0 N–H and O–H groups in total. The largest absolute Gasteiger partial charge is 0.425 e. The van der Waals surface area contributed by atoms with Gasteiger partial charge in [0.2, 0.25) is 0 Å². The second-order valence-electron chi connectivity index (χ2n) is 3.29. The summed E-state index contributed by atoms with van der Waals surface area (Å²) in [6, 6.07) is 10.6. The number of hydrogen-bond donors (Lipinski definition) is 0. The van der Waals surface area contributed by atoms with Gasteiger partial charge in [0.05, 0.1) is 0 Å². The Balaban J connectivity index is 2.34. The first-order valence-corrected chi connectivity index (χ1v) is 5.75. The van der Waals surface area contributed by atoms with Crippen LogP contribution in [0, 0.1) is 0 Å². The zero-order valence-corrected chi connectivity index (χ0v) is 10.5. The van der Waals surface area contributed by atoms with E-state index in [1.54, 1.807) is 0 Å². The minimum atomic E-state index is 0.479. The third-order valence-corrected chi connectivity index (χ3v) is 3.05. The Hall–Kier alpha value is -0.603. The highest BCUT2D eigenvalue weighted by Crippen LogP contribution is 2.08. The molecule has 0 heterocycles. The summed E-state index contributed by atoms with van der Waals surface area (Å²) >= 11 is 0. The fraction of sp³-hybridized carbons (Fsp3) is 0.455. The van der Waals surface area contributed by atoms with E-state index in [2.05, 4.69) is 37.3 Å². The monoisotopic (exact) mass is 194 g/mol. The topological polar surface area (TPSA) is 9.23 Å². The van der Waals surface area contributed by atoms with Gasteiger partial charge in [-0.3, -0.25) is 0 Å². The molecule has 72 valence electrons. The Morgan fingerprint density at radius 2 is 2.00 bits per heavy atom. The number of rotatable bonds is 5. The molecule has 0 bridgehead atoms. The predicted octanol–water partition coefficient (Wildman–Crippen LogP) is 1.69. The van der Waals surface area contributed by atoms with Gasteiger partial charge in [0, 0.05) is 6.10 Å². The van der Waals surface area contributed by atoms with E-state index in [-0.39, 0.29) is 0 Å². The van der Waals surface area contributed by atoms with Gasteiger partial charge in [0.25, 0.3) is 0 Å². The smallest absolute Gasteiger partial charge is 0.146 e. The third-order valence-electron chi connectivity index (χ3n) is 2.39. The normalized spacial score (nSPS) is 13.0. The highest BCUT2D eigenvalue weighted by molar-refractivity contribution is 5.98. The molecular formula is C11H18OSi. The molecule has 1 aromatic rings. The van der Waals surface area contributed by atoms with Crippen molar-refractivity contribution >= 4 is 10.5 Å². The molecular weight excluding hydrogens is 176 g/mol. The summed E-state index contributed by atoms with van der Waals surface area (Å²) in [6.07, 6.45) is 3.91. The zero-order chi connectivity index (χ0) is 9.52. The van der Waals surface area contributed by atoms with E-state index in [0.717, 1.165) is 29.7 Å². The van der Waals surface area contributed by atoms with Crippen molar-refractivity contribution in [1.82, 2.24) is 0 Å². The maximum atomic E-state index is 5.46. The molecule has 1 unspecified atom stereocenters. The SMILES string of the molecule is CCC(CCc1ccccc1)O[SiH3]. The van der Waals surface area contributed by atoms with Gasteiger partial charge in [-0.25, -0.2) is 0 Å². The molecule has 0 saturated carbocycles. The molecule has 13 heavy (non-hydrogen) atoms. The van der Waals surface area contributed by atoms with Crippen molar-refractivity contribution in [3.63, 3.8) is 0 Å². The number of aryl methyl sites for hydroxylation is 1. The van der Waals surface area contributed by atoms with Gasteiger partial charge >= 0.3 is 0 Å². The molecule has 2 heteroatoms. The summed E-state index contributed by atoms with van der Waals surface area (Å²) in [5.74, 6) is 0. The lowest BCUT2D eigenvalue weighted by Gasteiger charge is -2.12. The summed E-state index contributed by atoms with van der Waals surface area (Å²) < 4.78 is 5.46. The Bertz CT molecular complexity index is 219. The van der Waals surface area contributed by atoms with Crippen molar-refractivity contribution in [3.8, 4) is 0 Å². The maximum absolute atomic E-state index is 5.46. The standard InChI is InChI=1S/C11H18OSi/c1-2-11(12-13)9-8-10-6-4-3-5-7-10/h3-7,11H,2,8-9H2,1,13H3. The minimum Gasteiger partial charge on any atom is -0.425 e. The Kier molecular flexibility index (Phi) is 4.79. The van der Waals surface area contributed by atoms with E-state index in [0.29, 0.717) is 6.10 Å². The first-order valence-electron chi connectivity index (χ1n) is 4.93. The van der Waals surface area contributed by atoms with Crippen LogP contribution >= 0.6 is 0 Å². The van der Waals surface area contributed by atoms with E-state index >= 15 is 0 Å². The molecule has 0 fully saturated rings. The van der Waals surface area contributed by atoms with Gasteiger partial charge in [-0.2, -0.15) is 0 Å². The highest BCUT2D eigenvalue weighted by atomic mass is 28.2. The van der Waals surface area contributed by atoms with E-state index in [1.807, 2.05) is 0 Å². The molecule has 1 rings (SSSR count). The van der Waals surface area contributed by atoms with Gasteiger partial charge in [-0.05, 0) is 24.8 Å². The molecule has 0 aliphatic carbocycles. The summed E-state index contributed by atoms with van der Waals surface area (Å²) in [5, 5.41) is 0. The van der Waals surface area contributed by atoms with Gasteiger partial charge in [-0.15, -0.1) is 0 Å². The van der Waals surface area contributed by atoms with Crippen LogP contribution in [-0.2, 0) is 10.8 Å². The second kappa shape index (κ2) is 5.94. The second-order valence-corrected chi connectivity index (χ2v) is 3.76. The van der Waals surface area contributed by atoms with Crippen LogP contribution in [0.15, 0.2) is 30.3 Å². The van der Waals surface area contributed by atoms with Crippen molar-refractivity contribution in [3.05, 3.63) is 35.9 Å². The van der Waals surface area contributed by atoms with Crippen molar-refractivity contribution in [2.75, 3.05) is 0 Å². The molecule has 1 aromatic carbocycles. The number of benzene rings is 1. The lowest BCUT2D eigenvalue weighted by atomic mass is 10.1. The molecule has 0 saturated heterocycles. The van der Waals surface area contributed by atoms with Crippen LogP contribution in [0.25, 0.3) is 0 Å². The summed E-state index contributed by atoms with van der Waals surface area (Å²) in [6.45, 7) is 2.19. The summed E-state index contributed by atoms with van der Waals surface area (Å²) in [4.78, 5) is 0. The maximum Gasteiger partial charge on any atom is 0.146 e. The van der Waals surface area contributed by atoms with Gasteiger partial charge < -0.3 is 4.43 Å². The minimum absolute atomic E-state index is 0.479. The predicted molar refractivity (Wildman–Crippen MR) is 59.9 cm³/mol. The molecule has 1 atom stereocenters. The van der Waals surface area contributed by atoms with Crippen LogP contribution in [0.2, 0.25) is 0 Å². The lowest BCUT2D eigenvalue weighted by Crippen LogP contribution is -2.10. The Morgan fingerprint density at radius 1 is 1.31 bits per heavy atom. The summed E-state index contributed by atoms with van der Waals surface area (Å²) in [5.41, 5.74) is 1.42. The quantitative estimate of drug-likeness (QED) is 0.648. The molecule has 0 radical (unpaired) electrons. The zero-order valence-electron chi connectivity index (χ0n) is 8.49. The van der Waals surface area contributed by atoms with Crippen LogP contribution in [0.4, 0.5) is 0 Å².